The zero-order chi connectivity index (χ0) is 10.5. The van der Waals surface area contributed by atoms with Crippen LogP contribution in [-0.2, 0) is 9.36 Å². The van der Waals surface area contributed by atoms with Gasteiger partial charge in [-0.05, 0) is 13.0 Å². The highest BCUT2D eigenvalue weighted by molar-refractivity contribution is 7.56. The summed E-state index contributed by atoms with van der Waals surface area (Å²) in [6, 6.07) is 0. The van der Waals surface area contributed by atoms with Gasteiger partial charge in [0.25, 0.3) is 0 Å². The van der Waals surface area contributed by atoms with E-state index < -0.39 is 13.5 Å². The van der Waals surface area contributed by atoms with Crippen molar-refractivity contribution >= 4 is 13.5 Å². The van der Waals surface area contributed by atoms with E-state index in [2.05, 4.69) is 11.9 Å². The highest BCUT2D eigenvalue weighted by Crippen LogP contribution is 2.44. The molecule has 0 aromatic carbocycles. The van der Waals surface area contributed by atoms with Crippen molar-refractivity contribution in [2.75, 3.05) is 6.54 Å². The van der Waals surface area contributed by atoms with Crippen molar-refractivity contribution in [3.63, 3.8) is 0 Å². The van der Waals surface area contributed by atoms with Crippen molar-refractivity contribution in [3.8, 4) is 0 Å². The molecule has 0 saturated heterocycles. The number of hydrogen-bond donors (Lipinski definition) is 3. The fraction of sp³-hybridized carbons (Fsp3) is 0.286. The van der Waals surface area contributed by atoms with Gasteiger partial charge in [-0.25, -0.2) is 0 Å². The first-order valence-corrected chi connectivity index (χ1v) is 5.14. The molecule has 0 fully saturated rings. The fourth-order valence-electron chi connectivity index (χ4n) is 0.623. The zero-order valence-electron chi connectivity index (χ0n) is 7.23. The van der Waals surface area contributed by atoms with Gasteiger partial charge in [0.2, 0.25) is 5.91 Å². The Balaban J connectivity index is 4.27. The summed E-state index contributed by atoms with van der Waals surface area (Å²) in [6.45, 7) is 4.53. The predicted molar refractivity (Wildman–Crippen MR) is 49.0 cm³/mol. The number of carbonyl (C=O) groups is 1. The molecule has 0 atom stereocenters. The van der Waals surface area contributed by atoms with Crippen molar-refractivity contribution in [2.24, 2.45) is 0 Å². The Morgan fingerprint density at radius 2 is 2.15 bits per heavy atom. The van der Waals surface area contributed by atoms with Crippen LogP contribution in [0.25, 0.3) is 0 Å². The third-order valence-corrected chi connectivity index (χ3v) is 2.50. The maximum Gasteiger partial charge on any atom is 0.353 e. The second-order valence-electron chi connectivity index (χ2n) is 2.25. The second kappa shape index (κ2) is 4.97. The van der Waals surface area contributed by atoms with E-state index in [-0.39, 0.29) is 11.9 Å². The maximum absolute atomic E-state index is 10.7. The van der Waals surface area contributed by atoms with Gasteiger partial charge in [-0.2, -0.15) is 0 Å². The van der Waals surface area contributed by atoms with E-state index in [9.17, 15) is 9.36 Å². The van der Waals surface area contributed by atoms with Crippen LogP contribution in [0.15, 0.2) is 24.0 Å². The Kier molecular flexibility index (Phi) is 4.62. The third-order valence-electron chi connectivity index (χ3n) is 1.34. The lowest BCUT2D eigenvalue weighted by Gasteiger charge is -2.08. The van der Waals surface area contributed by atoms with Gasteiger partial charge in [0.15, 0.2) is 0 Å². The van der Waals surface area contributed by atoms with E-state index in [1.165, 1.54) is 13.0 Å². The first-order valence-electron chi connectivity index (χ1n) is 3.53. The molecule has 0 spiro atoms. The minimum atomic E-state index is -4.23. The lowest BCUT2D eigenvalue weighted by Crippen LogP contribution is -2.23. The Morgan fingerprint density at radius 3 is 2.46 bits per heavy atom. The zero-order valence-corrected chi connectivity index (χ0v) is 8.12. The smallest absolute Gasteiger partial charge is 0.348 e. The van der Waals surface area contributed by atoms with Crippen molar-refractivity contribution < 1.29 is 19.1 Å². The van der Waals surface area contributed by atoms with Gasteiger partial charge >= 0.3 is 7.60 Å². The molecule has 0 bridgehead atoms. The molecule has 0 radical (unpaired) electrons. The van der Waals surface area contributed by atoms with E-state index in [1.807, 2.05) is 0 Å². The van der Waals surface area contributed by atoms with Crippen LogP contribution in [0.3, 0.4) is 0 Å². The molecule has 0 aromatic rings. The number of rotatable bonds is 4. The molecular weight excluding hydrogens is 193 g/mol. The van der Waals surface area contributed by atoms with Crippen LogP contribution in [0.2, 0.25) is 0 Å². The van der Waals surface area contributed by atoms with Gasteiger partial charge in [-0.15, -0.1) is 0 Å². The summed E-state index contributed by atoms with van der Waals surface area (Å²) in [5.74, 6) is -0.465. The van der Waals surface area contributed by atoms with Gasteiger partial charge in [-0.1, -0.05) is 12.7 Å². The number of nitrogens with one attached hydrogen (secondary N) is 1. The van der Waals surface area contributed by atoms with Gasteiger partial charge in [0, 0.05) is 0 Å². The largest absolute Gasteiger partial charge is 0.353 e. The van der Waals surface area contributed by atoms with E-state index in [0.29, 0.717) is 0 Å². The van der Waals surface area contributed by atoms with Crippen molar-refractivity contribution in [1.82, 2.24) is 5.32 Å². The minimum Gasteiger partial charge on any atom is -0.348 e. The fourth-order valence-corrected chi connectivity index (χ4v) is 1.24. The quantitative estimate of drug-likeness (QED) is 0.457. The number of hydrogen-bond acceptors (Lipinski definition) is 2. The molecule has 0 rings (SSSR count). The van der Waals surface area contributed by atoms with E-state index in [1.54, 1.807) is 0 Å². The van der Waals surface area contributed by atoms with Crippen molar-refractivity contribution in [3.05, 3.63) is 24.0 Å². The lowest BCUT2D eigenvalue weighted by molar-refractivity contribution is -0.116. The number of allylic oxidation sites excluding steroid dienone is 1. The Hall–Kier alpha value is -0.900. The molecule has 6 heteroatoms. The summed E-state index contributed by atoms with van der Waals surface area (Å²) >= 11 is 0. The van der Waals surface area contributed by atoms with E-state index >= 15 is 0 Å². The van der Waals surface area contributed by atoms with E-state index in [4.69, 9.17) is 9.79 Å². The van der Waals surface area contributed by atoms with Crippen LogP contribution in [0.1, 0.15) is 6.92 Å². The molecule has 0 aliphatic carbocycles. The van der Waals surface area contributed by atoms with Crippen LogP contribution in [0.5, 0.6) is 0 Å². The van der Waals surface area contributed by atoms with Crippen molar-refractivity contribution in [2.45, 2.75) is 6.92 Å². The normalized spacial score (nSPS) is 12.4. The molecule has 74 valence electrons. The van der Waals surface area contributed by atoms with Gasteiger partial charge in [0.05, 0.1) is 11.9 Å². The Bertz CT molecular complexity index is 278. The number of carbonyl (C=O) groups excluding carboxylic acids is 1. The summed E-state index contributed by atoms with van der Waals surface area (Å²) in [5, 5.41) is 2.16. The van der Waals surface area contributed by atoms with Crippen LogP contribution in [0.4, 0.5) is 0 Å². The van der Waals surface area contributed by atoms with Gasteiger partial charge in [-0.3, -0.25) is 9.36 Å². The first-order chi connectivity index (χ1) is 5.91. The molecular formula is C7H12NO4P. The molecule has 5 nitrogen and oxygen atoms in total. The Labute approximate surface area is 76.3 Å². The molecule has 1 amide bonds. The molecule has 0 aliphatic rings. The SMILES string of the molecule is C=CC(=O)NCC(=CC)P(=O)(O)O. The highest BCUT2D eigenvalue weighted by Gasteiger charge is 2.19. The molecule has 13 heavy (non-hydrogen) atoms. The van der Waals surface area contributed by atoms with Crippen LogP contribution in [-0.4, -0.2) is 22.2 Å². The molecule has 0 aliphatic heterocycles. The summed E-state index contributed by atoms with van der Waals surface area (Å²) in [6.07, 6.45) is 2.32. The topological polar surface area (TPSA) is 86.6 Å². The first kappa shape index (κ1) is 12.1. The van der Waals surface area contributed by atoms with Crippen LogP contribution >= 0.6 is 7.60 Å². The van der Waals surface area contributed by atoms with Crippen molar-refractivity contribution in [1.29, 1.82) is 0 Å². The number of amides is 1. The van der Waals surface area contributed by atoms with Gasteiger partial charge in [0.1, 0.15) is 0 Å². The van der Waals surface area contributed by atoms with E-state index in [0.717, 1.165) is 6.08 Å². The average Bonchev–Trinajstić information content (AvgIpc) is 2.02. The van der Waals surface area contributed by atoms with Crippen LogP contribution in [0, 0.1) is 0 Å². The standard InChI is InChI=1S/C7H12NO4P/c1-3-6(13(10,11)12)5-8-7(9)4-2/h3-4H,2,5H2,1H3,(H,8,9)(H2,10,11,12). The second-order valence-corrected chi connectivity index (χ2v) is 3.91. The Morgan fingerprint density at radius 1 is 1.62 bits per heavy atom. The predicted octanol–water partition coefficient (Wildman–Crippen LogP) is 0.370. The molecule has 3 N–H and O–H groups in total. The summed E-state index contributed by atoms with van der Waals surface area (Å²) in [5.41, 5.74) is 0. The minimum absolute atomic E-state index is 0.109. The lowest BCUT2D eigenvalue weighted by atomic mass is 10.5. The summed E-state index contributed by atoms with van der Waals surface area (Å²) in [7, 11) is -4.23. The summed E-state index contributed by atoms with van der Waals surface area (Å²) in [4.78, 5) is 28.1. The van der Waals surface area contributed by atoms with Crippen LogP contribution < -0.4 is 5.32 Å². The average molecular weight is 205 g/mol. The molecule has 0 saturated carbocycles. The molecule has 0 heterocycles. The summed E-state index contributed by atoms with van der Waals surface area (Å²) < 4.78 is 10.7. The monoisotopic (exact) mass is 205 g/mol. The maximum atomic E-state index is 10.7. The van der Waals surface area contributed by atoms with Gasteiger partial charge < -0.3 is 15.1 Å². The third kappa shape index (κ3) is 4.62. The molecule has 0 aromatic heterocycles. The molecule has 0 unspecified atom stereocenters. The highest BCUT2D eigenvalue weighted by atomic mass is 31.2.